The van der Waals surface area contributed by atoms with Crippen molar-refractivity contribution in [3.8, 4) is 0 Å². The zero-order valence-electron chi connectivity index (χ0n) is 7.41. The van der Waals surface area contributed by atoms with E-state index in [2.05, 4.69) is 9.26 Å². The number of rotatable bonds is 5. The van der Waals surface area contributed by atoms with Crippen LogP contribution in [0.3, 0.4) is 0 Å². The molecule has 0 heterocycles. The van der Waals surface area contributed by atoms with Gasteiger partial charge in [-0.3, -0.25) is 4.52 Å². The summed E-state index contributed by atoms with van der Waals surface area (Å²) < 4.78 is 18.5. The molecule has 82 valence electrons. The largest absolute Gasteiger partial charge is 0.502 e. The molecule has 14 heavy (non-hydrogen) atoms. The predicted molar refractivity (Wildman–Crippen MR) is 45.3 cm³/mol. The SMILES string of the molecule is CC=C(O)C(=O)OCCOP(=O)(O)O. The van der Waals surface area contributed by atoms with Crippen molar-refractivity contribution in [3.05, 3.63) is 11.8 Å². The summed E-state index contributed by atoms with van der Waals surface area (Å²) in [5.74, 6) is -1.54. The summed E-state index contributed by atoms with van der Waals surface area (Å²) in [5.41, 5.74) is 0. The molecule has 0 aromatic carbocycles. The maximum Gasteiger partial charge on any atom is 0.469 e. The van der Waals surface area contributed by atoms with E-state index in [1.165, 1.54) is 6.92 Å². The van der Waals surface area contributed by atoms with Gasteiger partial charge in [-0.05, 0) is 13.0 Å². The Hall–Kier alpha value is -0.880. The predicted octanol–water partition coefficient (Wildman–Crippen LogP) is 0.101. The minimum Gasteiger partial charge on any atom is -0.502 e. The van der Waals surface area contributed by atoms with Crippen LogP contribution in [-0.4, -0.2) is 34.1 Å². The lowest BCUT2D eigenvalue weighted by atomic mass is 10.5. The van der Waals surface area contributed by atoms with Crippen molar-refractivity contribution in [1.29, 1.82) is 0 Å². The van der Waals surface area contributed by atoms with Crippen LogP contribution in [-0.2, 0) is 18.6 Å². The lowest BCUT2D eigenvalue weighted by molar-refractivity contribution is -0.142. The molecule has 0 spiro atoms. The lowest BCUT2D eigenvalue weighted by Gasteiger charge is -2.05. The van der Waals surface area contributed by atoms with Gasteiger partial charge in [-0.25, -0.2) is 9.36 Å². The normalized spacial score (nSPS) is 12.6. The van der Waals surface area contributed by atoms with Crippen LogP contribution < -0.4 is 0 Å². The second-order valence-corrected chi connectivity index (χ2v) is 3.37. The summed E-state index contributed by atoms with van der Waals surface area (Å²) in [4.78, 5) is 27.2. The first-order valence-electron chi connectivity index (χ1n) is 3.59. The van der Waals surface area contributed by atoms with E-state index >= 15 is 0 Å². The minimum absolute atomic E-state index is 0.345. The van der Waals surface area contributed by atoms with E-state index in [0.717, 1.165) is 6.08 Å². The van der Waals surface area contributed by atoms with Gasteiger partial charge in [0.25, 0.3) is 0 Å². The van der Waals surface area contributed by atoms with Crippen molar-refractivity contribution >= 4 is 13.8 Å². The van der Waals surface area contributed by atoms with Crippen LogP contribution in [0.25, 0.3) is 0 Å². The van der Waals surface area contributed by atoms with Crippen molar-refractivity contribution < 1.29 is 33.5 Å². The van der Waals surface area contributed by atoms with Crippen molar-refractivity contribution in [2.24, 2.45) is 0 Å². The molecule has 0 amide bonds. The Morgan fingerprint density at radius 2 is 2.00 bits per heavy atom. The number of hydrogen-bond donors (Lipinski definition) is 3. The number of phosphoric ester groups is 1. The number of allylic oxidation sites excluding steroid dienone is 1. The quantitative estimate of drug-likeness (QED) is 0.200. The molecule has 0 aliphatic heterocycles. The van der Waals surface area contributed by atoms with Gasteiger partial charge < -0.3 is 19.6 Å². The fourth-order valence-electron chi connectivity index (χ4n) is 0.482. The average molecular weight is 226 g/mol. The summed E-state index contributed by atoms with van der Waals surface area (Å²) in [5, 5.41) is 8.78. The molecule has 0 saturated heterocycles. The van der Waals surface area contributed by atoms with Crippen LogP contribution in [0.1, 0.15) is 6.92 Å². The van der Waals surface area contributed by atoms with Gasteiger partial charge >= 0.3 is 13.8 Å². The van der Waals surface area contributed by atoms with E-state index in [-0.39, 0.29) is 6.61 Å². The molecule has 0 bridgehead atoms. The van der Waals surface area contributed by atoms with Crippen molar-refractivity contribution in [1.82, 2.24) is 0 Å². The van der Waals surface area contributed by atoms with Crippen LogP contribution >= 0.6 is 7.82 Å². The van der Waals surface area contributed by atoms with E-state index in [4.69, 9.17) is 14.9 Å². The fourth-order valence-corrected chi connectivity index (χ4v) is 0.795. The number of ether oxygens (including phenoxy) is 1. The van der Waals surface area contributed by atoms with Gasteiger partial charge in [0.05, 0.1) is 6.61 Å². The number of aliphatic hydroxyl groups is 1. The van der Waals surface area contributed by atoms with E-state index in [0.29, 0.717) is 0 Å². The highest BCUT2D eigenvalue weighted by molar-refractivity contribution is 7.46. The zero-order valence-corrected chi connectivity index (χ0v) is 8.31. The van der Waals surface area contributed by atoms with Gasteiger partial charge in [0.2, 0.25) is 0 Å². The van der Waals surface area contributed by atoms with Crippen LogP contribution in [0.4, 0.5) is 0 Å². The molecule has 3 N–H and O–H groups in total. The number of carbonyl (C=O) groups excluding carboxylic acids is 1. The minimum atomic E-state index is -4.52. The zero-order chi connectivity index (χ0) is 11.2. The number of hydrogen-bond acceptors (Lipinski definition) is 5. The summed E-state index contributed by atoms with van der Waals surface area (Å²) in [7, 11) is -4.52. The van der Waals surface area contributed by atoms with Gasteiger partial charge in [-0.1, -0.05) is 0 Å². The molecular weight excluding hydrogens is 215 g/mol. The highest BCUT2D eigenvalue weighted by Gasteiger charge is 2.14. The monoisotopic (exact) mass is 226 g/mol. The van der Waals surface area contributed by atoms with E-state index < -0.39 is 26.2 Å². The Morgan fingerprint density at radius 3 is 2.43 bits per heavy atom. The Kier molecular flexibility index (Phi) is 5.40. The smallest absolute Gasteiger partial charge is 0.469 e. The molecule has 0 aliphatic rings. The van der Waals surface area contributed by atoms with Crippen molar-refractivity contribution in [3.63, 3.8) is 0 Å². The van der Waals surface area contributed by atoms with Crippen LogP contribution in [0.2, 0.25) is 0 Å². The molecule has 0 saturated carbocycles. The third-order valence-corrected chi connectivity index (χ3v) is 1.58. The number of esters is 1. The van der Waals surface area contributed by atoms with E-state index in [1.807, 2.05) is 0 Å². The Balaban J connectivity index is 3.66. The first-order chi connectivity index (χ1) is 6.37. The fraction of sp³-hybridized carbons (Fsp3) is 0.500. The molecule has 0 aromatic rings. The lowest BCUT2D eigenvalue weighted by Crippen LogP contribution is -2.11. The molecular formula is C6H11O7P. The molecule has 0 unspecified atom stereocenters. The maximum absolute atomic E-state index is 10.7. The van der Waals surface area contributed by atoms with Crippen molar-refractivity contribution in [2.45, 2.75) is 6.92 Å². The van der Waals surface area contributed by atoms with Crippen LogP contribution in [0.5, 0.6) is 0 Å². The van der Waals surface area contributed by atoms with Gasteiger partial charge in [0.1, 0.15) is 6.61 Å². The summed E-state index contributed by atoms with van der Waals surface area (Å²) in [6, 6.07) is 0. The second kappa shape index (κ2) is 5.77. The molecule has 0 radical (unpaired) electrons. The second-order valence-electron chi connectivity index (χ2n) is 2.13. The molecule has 8 heteroatoms. The third-order valence-electron chi connectivity index (χ3n) is 1.06. The highest BCUT2D eigenvalue weighted by Crippen LogP contribution is 2.35. The summed E-state index contributed by atoms with van der Waals surface area (Å²) in [6.07, 6.45) is 1.13. The molecule has 0 rings (SSSR count). The highest BCUT2D eigenvalue weighted by atomic mass is 31.2. The van der Waals surface area contributed by atoms with E-state index in [1.54, 1.807) is 0 Å². The summed E-state index contributed by atoms with van der Waals surface area (Å²) >= 11 is 0. The maximum atomic E-state index is 10.7. The van der Waals surface area contributed by atoms with Gasteiger partial charge in [0.15, 0.2) is 5.76 Å². The summed E-state index contributed by atoms with van der Waals surface area (Å²) in [6.45, 7) is 0.650. The first-order valence-corrected chi connectivity index (χ1v) is 5.12. The molecule has 0 aromatic heterocycles. The average Bonchev–Trinajstić information content (AvgIpc) is 2.09. The van der Waals surface area contributed by atoms with Crippen LogP contribution in [0, 0.1) is 0 Å². The topological polar surface area (TPSA) is 113 Å². The van der Waals surface area contributed by atoms with Crippen LogP contribution in [0.15, 0.2) is 11.8 Å². The molecule has 0 aliphatic carbocycles. The molecule has 7 nitrogen and oxygen atoms in total. The van der Waals surface area contributed by atoms with Gasteiger partial charge in [0, 0.05) is 0 Å². The Labute approximate surface area is 80.2 Å². The van der Waals surface area contributed by atoms with Gasteiger partial charge in [-0.2, -0.15) is 0 Å². The third kappa shape index (κ3) is 6.62. The number of aliphatic hydroxyl groups excluding tert-OH is 1. The number of phosphoric acid groups is 1. The first kappa shape index (κ1) is 13.1. The van der Waals surface area contributed by atoms with E-state index in [9.17, 15) is 9.36 Å². The number of carbonyl (C=O) groups is 1. The standard InChI is InChI=1S/C6H11O7P/c1-2-5(7)6(8)12-3-4-13-14(9,10)11/h2,7H,3-4H2,1H3,(H2,9,10,11). The Bertz CT molecular complexity index is 265. The van der Waals surface area contributed by atoms with Gasteiger partial charge in [-0.15, -0.1) is 0 Å². The van der Waals surface area contributed by atoms with Crippen molar-refractivity contribution in [2.75, 3.05) is 13.2 Å². The molecule has 0 atom stereocenters. The Morgan fingerprint density at radius 1 is 1.43 bits per heavy atom. The molecule has 0 fully saturated rings.